The highest BCUT2D eigenvalue weighted by atomic mass is 16.4. The first-order valence-electron chi connectivity index (χ1n) is 6.39. The number of aryl methyl sites for hydroxylation is 1. The number of carboxylic acid groups (broad SMARTS) is 1. The number of carboxylic acids is 1. The van der Waals surface area contributed by atoms with Gasteiger partial charge in [-0.25, -0.2) is 4.79 Å². The molecule has 3 rings (SSSR count). The largest absolute Gasteiger partial charge is 0.477 e. The number of pyridine rings is 1. The van der Waals surface area contributed by atoms with Crippen LogP contribution in [0.25, 0.3) is 10.9 Å². The van der Waals surface area contributed by atoms with Crippen molar-refractivity contribution in [3.63, 3.8) is 0 Å². The number of hydrogen-bond acceptors (Lipinski definition) is 2. The third kappa shape index (κ3) is 2.16. The highest BCUT2D eigenvalue weighted by molar-refractivity contribution is 5.87. The van der Waals surface area contributed by atoms with Crippen molar-refractivity contribution < 1.29 is 9.90 Å². The lowest BCUT2D eigenvalue weighted by atomic mass is 10.2. The van der Waals surface area contributed by atoms with E-state index in [1.807, 2.05) is 42.5 Å². The number of carbonyl (C=O) groups is 1. The van der Waals surface area contributed by atoms with E-state index < -0.39 is 5.97 Å². The maximum absolute atomic E-state index is 11.3. The summed E-state index contributed by atoms with van der Waals surface area (Å²) in [5.74, 6) is -0.909. The third-order valence-electron chi connectivity index (χ3n) is 3.36. The molecule has 4 heteroatoms. The highest BCUT2D eigenvalue weighted by Gasteiger charge is 2.13. The van der Waals surface area contributed by atoms with Gasteiger partial charge in [-0.1, -0.05) is 24.3 Å². The van der Waals surface area contributed by atoms with Crippen LogP contribution in [0, 0.1) is 6.92 Å². The molecule has 20 heavy (non-hydrogen) atoms. The normalized spacial score (nSPS) is 10.8. The number of rotatable bonds is 3. The van der Waals surface area contributed by atoms with Gasteiger partial charge in [-0.15, -0.1) is 0 Å². The van der Waals surface area contributed by atoms with Gasteiger partial charge >= 0.3 is 5.97 Å². The first-order chi connectivity index (χ1) is 9.65. The van der Waals surface area contributed by atoms with Gasteiger partial charge in [0.25, 0.3) is 0 Å². The van der Waals surface area contributed by atoms with Crippen LogP contribution in [-0.4, -0.2) is 20.6 Å². The molecule has 0 fully saturated rings. The van der Waals surface area contributed by atoms with E-state index in [9.17, 15) is 9.90 Å². The van der Waals surface area contributed by atoms with Crippen LogP contribution in [0.3, 0.4) is 0 Å². The molecule has 4 nitrogen and oxygen atoms in total. The van der Waals surface area contributed by atoms with Crippen molar-refractivity contribution in [2.75, 3.05) is 0 Å². The summed E-state index contributed by atoms with van der Waals surface area (Å²) >= 11 is 0. The minimum Gasteiger partial charge on any atom is -0.477 e. The minimum absolute atomic E-state index is 0.319. The topological polar surface area (TPSA) is 55.1 Å². The van der Waals surface area contributed by atoms with Gasteiger partial charge in [0.15, 0.2) is 0 Å². The van der Waals surface area contributed by atoms with Crippen molar-refractivity contribution in [3.8, 4) is 0 Å². The van der Waals surface area contributed by atoms with E-state index >= 15 is 0 Å². The third-order valence-corrected chi connectivity index (χ3v) is 3.36. The Morgan fingerprint density at radius 1 is 1.20 bits per heavy atom. The maximum atomic E-state index is 11.3. The van der Waals surface area contributed by atoms with E-state index in [2.05, 4.69) is 4.98 Å². The monoisotopic (exact) mass is 266 g/mol. The second kappa shape index (κ2) is 4.81. The molecule has 1 aromatic carbocycles. The average molecular weight is 266 g/mol. The number of nitrogens with zero attached hydrogens (tertiary/aromatic N) is 2. The molecule has 0 unspecified atom stereocenters. The van der Waals surface area contributed by atoms with E-state index in [0.717, 1.165) is 22.2 Å². The van der Waals surface area contributed by atoms with Gasteiger partial charge in [0.1, 0.15) is 5.69 Å². The molecule has 0 saturated heterocycles. The zero-order valence-electron chi connectivity index (χ0n) is 11.1. The Morgan fingerprint density at radius 2 is 2.00 bits per heavy atom. The van der Waals surface area contributed by atoms with Crippen LogP contribution in [0.2, 0.25) is 0 Å². The summed E-state index contributed by atoms with van der Waals surface area (Å²) in [5, 5.41) is 10.3. The molecule has 0 aliphatic rings. The predicted molar refractivity (Wildman–Crippen MR) is 77.0 cm³/mol. The zero-order valence-corrected chi connectivity index (χ0v) is 11.1. The number of benzene rings is 1. The molecule has 1 N–H and O–H groups in total. The van der Waals surface area contributed by atoms with E-state index in [0.29, 0.717) is 12.2 Å². The fraction of sp³-hybridized carbons (Fsp3) is 0.125. The molecule has 2 aromatic heterocycles. The lowest BCUT2D eigenvalue weighted by Gasteiger charge is -2.07. The average Bonchev–Trinajstić information content (AvgIpc) is 2.79. The van der Waals surface area contributed by atoms with Crippen molar-refractivity contribution in [2.24, 2.45) is 0 Å². The highest BCUT2D eigenvalue weighted by Crippen LogP contribution is 2.15. The summed E-state index contributed by atoms with van der Waals surface area (Å²) in [4.78, 5) is 15.8. The first kappa shape index (κ1) is 12.4. The molecule has 0 spiro atoms. The van der Waals surface area contributed by atoms with Crippen molar-refractivity contribution in [3.05, 3.63) is 65.6 Å². The summed E-state index contributed by atoms with van der Waals surface area (Å²) in [6.07, 6.45) is 1.79. The van der Waals surface area contributed by atoms with Gasteiger partial charge in [0.2, 0.25) is 0 Å². The summed E-state index contributed by atoms with van der Waals surface area (Å²) in [7, 11) is 0. The van der Waals surface area contributed by atoms with Crippen LogP contribution in [0.15, 0.2) is 48.7 Å². The minimum atomic E-state index is -0.909. The Morgan fingerprint density at radius 3 is 2.80 bits per heavy atom. The summed E-state index contributed by atoms with van der Waals surface area (Å²) in [6.45, 7) is 2.26. The number of fused-ring (bicyclic) bond motifs is 1. The van der Waals surface area contributed by atoms with E-state index in [1.165, 1.54) is 0 Å². The quantitative estimate of drug-likeness (QED) is 0.792. The van der Waals surface area contributed by atoms with Crippen molar-refractivity contribution in [2.45, 2.75) is 13.5 Å². The van der Waals surface area contributed by atoms with E-state index in [1.54, 1.807) is 17.7 Å². The Labute approximate surface area is 116 Å². The predicted octanol–water partition coefficient (Wildman–Crippen LogP) is 3.09. The fourth-order valence-corrected chi connectivity index (χ4v) is 2.38. The van der Waals surface area contributed by atoms with Gasteiger partial charge in [0.05, 0.1) is 17.8 Å². The fourth-order valence-electron chi connectivity index (χ4n) is 2.38. The molecule has 0 radical (unpaired) electrons. The Kier molecular flexibility index (Phi) is 2.99. The van der Waals surface area contributed by atoms with Crippen LogP contribution >= 0.6 is 0 Å². The molecule has 100 valence electrons. The molecular weight excluding hydrogens is 252 g/mol. The molecule has 0 aliphatic heterocycles. The van der Waals surface area contributed by atoms with Crippen LogP contribution in [0.4, 0.5) is 0 Å². The van der Waals surface area contributed by atoms with Crippen LogP contribution in [-0.2, 0) is 6.54 Å². The zero-order chi connectivity index (χ0) is 14.1. The van der Waals surface area contributed by atoms with Gasteiger partial charge in [-0.3, -0.25) is 4.98 Å². The van der Waals surface area contributed by atoms with Gasteiger partial charge in [0, 0.05) is 11.6 Å². The number of hydrogen-bond donors (Lipinski definition) is 1. The summed E-state index contributed by atoms with van der Waals surface area (Å²) in [6, 6.07) is 13.6. The second-order valence-electron chi connectivity index (χ2n) is 4.78. The van der Waals surface area contributed by atoms with Crippen LogP contribution < -0.4 is 0 Å². The lowest BCUT2D eigenvalue weighted by Crippen LogP contribution is -2.10. The summed E-state index contributed by atoms with van der Waals surface area (Å²) in [5.41, 5.74) is 2.85. The Bertz CT molecular complexity index is 790. The molecule has 3 aromatic rings. The van der Waals surface area contributed by atoms with Crippen LogP contribution in [0.5, 0.6) is 0 Å². The first-order valence-corrected chi connectivity index (χ1v) is 6.39. The Hall–Kier alpha value is -2.62. The van der Waals surface area contributed by atoms with E-state index in [-0.39, 0.29) is 0 Å². The standard InChI is InChI=1S/C16H14N2O2/c1-11-8-9-18(15(11)16(19)20)10-13-7-6-12-4-2-3-5-14(12)17-13/h2-9H,10H2,1H3,(H,19,20). The van der Waals surface area contributed by atoms with Crippen LogP contribution in [0.1, 0.15) is 21.7 Å². The molecule has 0 aliphatic carbocycles. The molecule has 2 heterocycles. The molecular formula is C16H14N2O2. The number of para-hydroxylation sites is 1. The smallest absolute Gasteiger partial charge is 0.352 e. The SMILES string of the molecule is Cc1ccn(Cc2ccc3ccccc3n2)c1C(=O)O. The molecule has 0 amide bonds. The Balaban J connectivity index is 1.99. The van der Waals surface area contributed by atoms with Crippen molar-refractivity contribution in [1.82, 2.24) is 9.55 Å². The molecule has 0 bridgehead atoms. The second-order valence-corrected chi connectivity index (χ2v) is 4.78. The van der Waals surface area contributed by atoms with Crippen molar-refractivity contribution >= 4 is 16.9 Å². The van der Waals surface area contributed by atoms with Gasteiger partial charge in [-0.05, 0) is 30.7 Å². The molecule has 0 atom stereocenters. The summed E-state index contributed by atoms with van der Waals surface area (Å²) < 4.78 is 1.72. The van der Waals surface area contributed by atoms with Gasteiger partial charge in [-0.2, -0.15) is 0 Å². The number of aromatic nitrogens is 2. The van der Waals surface area contributed by atoms with Crippen molar-refractivity contribution in [1.29, 1.82) is 0 Å². The van der Waals surface area contributed by atoms with Gasteiger partial charge < -0.3 is 9.67 Å². The van der Waals surface area contributed by atoms with E-state index in [4.69, 9.17) is 0 Å². The lowest BCUT2D eigenvalue weighted by molar-refractivity contribution is 0.0685. The maximum Gasteiger partial charge on any atom is 0.352 e. The number of aromatic carboxylic acids is 1. The molecule has 0 saturated carbocycles.